The molecule has 206 valence electrons. The average Bonchev–Trinajstić information content (AvgIpc) is 3.33. The smallest absolute Gasteiger partial charge is 0.296 e. The second kappa shape index (κ2) is 11.3. The van der Waals surface area contributed by atoms with E-state index in [0.29, 0.717) is 29.4 Å². The Hall–Kier alpha value is -3.96. The van der Waals surface area contributed by atoms with Gasteiger partial charge in [-0.1, -0.05) is 68.0 Å². The maximum Gasteiger partial charge on any atom is 0.296 e. The predicted octanol–water partition coefficient (Wildman–Crippen LogP) is 4.81. The SMILES string of the molecule is CCCCCNc1nc2c(C)cccn2c(=O)c1/C=C1/SC(=S)N(c2c(C)n(C)n(-c3ccccc3)c2=O)C1=O. The number of thioether (sulfide) groups is 1. The first-order valence-electron chi connectivity index (χ1n) is 13.1. The standard InChI is InChI=1S/C29H30N6O3S2/c1-5-6-10-15-30-24-21(26(36)33-16-11-12-18(2)25(33)31-24)17-22-27(37)34(29(39)40-22)23-19(3)32(4)35(28(23)38)20-13-8-7-9-14-20/h7-9,11-14,16-17,30H,5-6,10,15H2,1-4H3/b22-17+. The van der Waals surface area contributed by atoms with Crippen LogP contribution in [-0.4, -0.2) is 35.5 Å². The molecule has 40 heavy (non-hydrogen) atoms. The minimum atomic E-state index is -0.452. The first-order valence-corrected chi connectivity index (χ1v) is 14.3. The van der Waals surface area contributed by atoms with Gasteiger partial charge >= 0.3 is 0 Å². The Morgan fingerprint density at radius 1 is 1.02 bits per heavy atom. The van der Waals surface area contributed by atoms with Crippen molar-refractivity contribution in [1.82, 2.24) is 18.7 Å². The van der Waals surface area contributed by atoms with Crippen LogP contribution in [-0.2, 0) is 11.8 Å². The molecule has 1 saturated heterocycles. The normalized spacial score (nSPS) is 14.6. The monoisotopic (exact) mass is 574 g/mol. The fraction of sp³-hybridized carbons (Fsp3) is 0.276. The number of aromatic nitrogens is 4. The van der Waals surface area contributed by atoms with Crippen molar-refractivity contribution < 1.29 is 4.79 Å². The molecule has 0 unspecified atom stereocenters. The molecule has 1 aliphatic rings. The number of amides is 1. The molecule has 0 radical (unpaired) electrons. The van der Waals surface area contributed by atoms with Gasteiger partial charge in [-0.05, 0) is 50.1 Å². The molecule has 1 N–H and O–H groups in total. The molecular weight excluding hydrogens is 544 g/mol. The molecule has 5 rings (SSSR count). The Bertz CT molecular complexity index is 1790. The topological polar surface area (TPSA) is 93.6 Å². The maximum atomic E-state index is 13.8. The molecular formula is C29H30N6O3S2. The number of anilines is 2. The summed E-state index contributed by atoms with van der Waals surface area (Å²) in [6.45, 7) is 6.45. The summed E-state index contributed by atoms with van der Waals surface area (Å²) in [5, 5.41) is 3.31. The average molecular weight is 575 g/mol. The van der Waals surface area contributed by atoms with Crippen molar-refractivity contribution in [3.8, 4) is 5.69 Å². The Morgan fingerprint density at radius 3 is 2.50 bits per heavy atom. The number of para-hydroxylation sites is 1. The number of nitrogens with one attached hydrogen (secondary N) is 1. The van der Waals surface area contributed by atoms with Crippen LogP contribution < -0.4 is 21.3 Å². The van der Waals surface area contributed by atoms with Gasteiger partial charge in [-0.15, -0.1) is 0 Å². The van der Waals surface area contributed by atoms with Crippen molar-refractivity contribution in [2.45, 2.75) is 40.0 Å². The molecule has 0 saturated carbocycles. The zero-order chi connectivity index (χ0) is 28.6. The van der Waals surface area contributed by atoms with E-state index in [1.54, 1.807) is 37.0 Å². The van der Waals surface area contributed by atoms with Crippen LogP contribution in [0.1, 0.15) is 43.0 Å². The molecule has 1 aromatic carbocycles. The number of rotatable bonds is 8. The highest BCUT2D eigenvalue weighted by Crippen LogP contribution is 2.36. The van der Waals surface area contributed by atoms with E-state index in [9.17, 15) is 14.4 Å². The van der Waals surface area contributed by atoms with Gasteiger partial charge in [0.15, 0.2) is 4.32 Å². The van der Waals surface area contributed by atoms with E-state index in [4.69, 9.17) is 17.2 Å². The summed E-state index contributed by atoms with van der Waals surface area (Å²) in [7, 11) is 1.76. The number of fused-ring (bicyclic) bond motifs is 1. The van der Waals surface area contributed by atoms with E-state index in [-0.39, 0.29) is 31.6 Å². The zero-order valence-corrected chi connectivity index (χ0v) is 24.4. The number of aryl methyl sites for hydroxylation is 1. The fourth-order valence-corrected chi connectivity index (χ4v) is 6.01. The van der Waals surface area contributed by atoms with E-state index in [1.807, 2.05) is 43.3 Å². The largest absolute Gasteiger partial charge is 0.369 e. The summed E-state index contributed by atoms with van der Waals surface area (Å²) in [5.74, 6) is -0.0327. The van der Waals surface area contributed by atoms with Gasteiger partial charge in [0.1, 0.15) is 17.2 Å². The highest BCUT2D eigenvalue weighted by atomic mass is 32.2. The van der Waals surface area contributed by atoms with Gasteiger partial charge in [0.25, 0.3) is 17.0 Å². The second-order valence-corrected chi connectivity index (χ2v) is 11.3. The first kappa shape index (κ1) is 27.6. The number of hydrogen-bond donors (Lipinski definition) is 1. The van der Waals surface area contributed by atoms with E-state index in [2.05, 4.69) is 12.2 Å². The van der Waals surface area contributed by atoms with Gasteiger partial charge in [-0.25, -0.2) is 9.67 Å². The lowest BCUT2D eigenvalue weighted by atomic mass is 10.2. The lowest BCUT2D eigenvalue weighted by molar-refractivity contribution is -0.113. The quantitative estimate of drug-likeness (QED) is 0.183. The molecule has 1 fully saturated rings. The number of pyridine rings is 1. The van der Waals surface area contributed by atoms with Crippen molar-refractivity contribution in [3.05, 3.63) is 91.1 Å². The highest BCUT2D eigenvalue weighted by Gasteiger charge is 2.38. The van der Waals surface area contributed by atoms with Gasteiger partial charge in [0.05, 0.1) is 21.8 Å². The van der Waals surface area contributed by atoms with Crippen molar-refractivity contribution >= 4 is 57.4 Å². The third-order valence-corrected chi connectivity index (χ3v) is 8.28. The number of carbonyl (C=O) groups excluding carboxylic acids is 1. The number of hydrogen-bond acceptors (Lipinski definition) is 7. The van der Waals surface area contributed by atoms with Crippen LogP contribution in [0.4, 0.5) is 11.5 Å². The molecule has 0 spiro atoms. The number of unbranched alkanes of at least 4 members (excludes halogenated alkanes) is 2. The molecule has 1 amide bonds. The molecule has 11 heteroatoms. The summed E-state index contributed by atoms with van der Waals surface area (Å²) >= 11 is 6.66. The van der Waals surface area contributed by atoms with E-state index in [0.717, 1.165) is 36.6 Å². The number of thiocarbonyl (C=S) groups is 1. The molecule has 0 atom stereocenters. The minimum Gasteiger partial charge on any atom is -0.369 e. The Morgan fingerprint density at radius 2 is 1.77 bits per heavy atom. The molecule has 3 aromatic heterocycles. The summed E-state index contributed by atoms with van der Waals surface area (Å²) in [4.78, 5) is 47.3. The second-order valence-electron chi connectivity index (χ2n) is 9.63. The summed E-state index contributed by atoms with van der Waals surface area (Å²) in [6.07, 6.45) is 6.24. The molecule has 9 nitrogen and oxygen atoms in total. The summed E-state index contributed by atoms with van der Waals surface area (Å²) in [5.41, 5.74) is 2.50. The molecule has 4 aromatic rings. The van der Waals surface area contributed by atoms with Gasteiger partial charge in [0.2, 0.25) is 0 Å². The van der Waals surface area contributed by atoms with Gasteiger partial charge in [-0.3, -0.25) is 28.4 Å². The molecule has 4 heterocycles. The Labute approximate surface area is 241 Å². The third kappa shape index (κ3) is 4.79. The molecule has 1 aliphatic heterocycles. The number of nitrogens with zero attached hydrogens (tertiary/aromatic N) is 5. The Balaban J connectivity index is 1.59. The van der Waals surface area contributed by atoms with E-state index in [1.165, 1.54) is 14.0 Å². The fourth-order valence-electron chi connectivity index (χ4n) is 4.76. The van der Waals surface area contributed by atoms with Gasteiger partial charge in [0, 0.05) is 19.8 Å². The van der Waals surface area contributed by atoms with E-state index >= 15 is 0 Å². The Kier molecular flexibility index (Phi) is 7.77. The van der Waals surface area contributed by atoms with Crippen LogP contribution in [0, 0.1) is 13.8 Å². The van der Waals surface area contributed by atoms with Crippen LogP contribution in [0.25, 0.3) is 17.4 Å². The van der Waals surface area contributed by atoms with Gasteiger partial charge in [-0.2, -0.15) is 0 Å². The van der Waals surface area contributed by atoms with Crippen LogP contribution in [0.3, 0.4) is 0 Å². The third-order valence-electron chi connectivity index (χ3n) is 6.97. The van der Waals surface area contributed by atoms with E-state index < -0.39 is 5.91 Å². The predicted molar refractivity (Wildman–Crippen MR) is 166 cm³/mol. The number of benzene rings is 1. The van der Waals surface area contributed by atoms with Crippen LogP contribution in [0.5, 0.6) is 0 Å². The van der Waals surface area contributed by atoms with Crippen molar-refractivity contribution in [2.24, 2.45) is 7.05 Å². The summed E-state index contributed by atoms with van der Waals surface area (Å²) in [6, 6.07) is 12.9. The van der Waals surface area contributed by atoms with Crippen LogP contribution in [0.2, 0.25) is 0 Å². The first-order chi connectivity index (χ1) is 19.2. The maximum absolute atomic E-state index is 13.8. The lowest BCUT2D eigenvalue weighted by Crippen LogP contribution is -2.33. The lowest BCUT2D eigenvalue weighted by Gasteiger charge is -2.13. The van der Waals surface area contributed by atoms with Gasteiger partial charge < -0.3 is 5.32 Å². The van der Waals surface area contributed by atoms with Crippen LogP contribution in [0.15, 0.2) is 63.2 Å². The molecule has 0 aliphatic carbocycles. The van der Waals surface area contributed by atoms with Crippen LogP contribution >= 0.6 is 24.0 Å². The molecule has 0 bridgehead atoms. The van der Waals surface area contributed by atoms with Crippen molar-refractivity contribution in [3.63, 3.8) is 0 Å². The van der Waals surface area contributed by atoms with Crippen molar-refractivity contribution in [2.75, 3.05) is 16.8 Å². The minimum absolute atomic E-state index is 0.194. The summed E-state index contributed by atoms with van der Waals surface area (Å²) < 4.78 is 4.92. The highest BCUT2D eigenvalue weighted by molar-refractivity contribution is 8.27. The number of carbonyl (C=O) groups is 1. The zero-order valence-electron chi connectivity index (χ0n) is 22.8. The van der Waals surface area contributed by atoms with Crippen molar-refractivity contribution in [1.29, 1.82) is 0 Å².